The van der Waals surface area contributed by atoms with Gasteiger partial charge in [0.2, 0.25) is 0 Å². The van der Waals surface area contributed by atoms with E-state index in [1.807, 2.05) is 12.1 Å². The third kappa shape index (κ3) is 2.91. The number of aromatic nitrogens is 1. The molecule has 2 fully saturated rings. The highest BCUT2D eigenvalue weighted by Gasteiger charge is 2.55. The zero-order chi connectivity index (χ0) is 17.7. The van der Waals surface area contributed by atoms with Gasteiger partial charge in [0.25, 0.3) is 0 Å². The third-order valence-corrected chi connectivity index (χ3v) is 6.33. The van der Waals surface area contributed by atoms with E-state index in [1.165, 1.54) is 13.1 Å². The monoisotopic (exact) mass is 357 g/mol. The van der Waals surface area contributed by atoms with Crippen LogP contribution in [0.1, 0.15) is 37.0 Å². The van der Waals surface area contributed by atoms with Gasteiger partial charge in [-0.1, -0.05) is 11.6 Å². The minimum absolute atomic E-state index is 0.122. The van der Waals surface area contributed by atoms with Gasteiger partial charge >= 0.3 is 0 Å². The van der Waals surface area contributed by atoms with Crippen molar-refractivity contribution in [3.63, 3.8) is 0 Å². The number of hydrogen-bond acceptors (Lipinski definition) is 4. The number of hydrogen-bond donors (Lipinski definition) is 1. The first-order valence-electron chi connectivity index (χ1n) is 9.07. The molecule has 0 bridgehead atoms. The molecule has 2 aromatic rings. The molecule has 4 rings (SSSR count). The van der Waals surface area contributed by atoms with Crippen molar-refractivity contribution in [1.29, 1.82) is 0 Å². The topological polar surface area (TPSA) is 59.2 Å². The second-order valence-corrected chi connectivity index (χ2v) is 8.13. The number of fused-ring (bicyclic) bond motifs is 2. The van der Waals surface area contributed by atoms with Gasteiger partial charge in [0, 0.05) is 42.7 Å². The van der Waals surface area contributed by atoms with Crippen LogP contribution in [-0.2, 0) is 0 Å². The second-order valence-electron chi connectivity index (χ2n) is 7.72. The SMILES string of the molecule is CC(C)N1CC2C(CCC(=O)c3cc(Cl)c(N)c4cccnc34)C2C1. The number of anilines is 1. The van der Waals surface area contributed by atoms with Gasteiger partial charge in [0.05, 0.1) is 16.2 Å². The minimum Gasteiger partial charge on any atom is -0.397 e. The molecule has 2 atom stereocenters. The van der Waals surface area contributed by atoms with E-state index < -0.39 is 0 Å². The largest absolute Gasteiger partial charge is 0.397 e. The summed E-state index contributed by atoms with van der Waals surface area (Å²) in [6, 6.07) is 5.99. The van der Waals surface area contributed by atoms with Gasteiger partial charge in [0.1, 0.15) is 0 Å². The van der Waals surface area contributed by atoms with Crippen LogP contribution in [0.4, 0.5) is 5.69 Å². The van der Waals surface area contributed by atoms with Crippen LogP contribution in [0.2, 0.25) is 5.02 Å². The standard InChI is InChI=1S/C20H24ClN3O/c1-11(2)24-9-15-12(16(15)10-24)5-6-18(25)14-8-17(21)19(22)13-4-3-7-23-20(13)14/h3-4,7-8,11-12,15-16H,5-6,9-10,22H2,1-2H3. The van der Waals surface area contributed by atoms with Crippen LogP contribution >= 0.6 is 11.6 Å². The van der Waals surface area contributed by atoms with Crippen molar-refractivity contribution in [3.05, 3.63) is 35.0 Å². The van der Waals surface area contributed by atoms with E-state index in [0.717, 1.165) is 23.6 Å². The molecule has 2 N–H and O–H groups in total. The first-order chi connectivity index (χ1) is 12.0. The Morgan fingerprint density at radius 1 is 1.40 bits per heavy atom. The predicted molar refractivity (Wildman–Crippen MR) is 102 cm³/mol. The molecule has 0 radical (unpaired) electrons. The molecule has 132 valence electrons. The molecule has 2 aliphatic rings. The van der Waals surface area contributed by atoms with Crippen molar-refractivity contribution < 1.29 is 4.79 Å². The zero-order valence-electron chi connectivity index (χ0n) is 14.7. The fraction of sp³-hybridized carbons (Fsp3) is 0.500. The lowest BCUT2D eigenvalue weighted by atomic mass is 9.99. The van der Waals surface area contributed by atoms with Crippen LogP contribution in [-0.4, -0.2) is 34.8 Å². The molecular weight excluding hydrogens is 334 g/mol. The number of likely N-dealkylation sites (tertiary alicyclic amines) is 1. The first kappa shape index (κ1) is 16.8. The van der Waals surface area contributed by atoms with Crippen LogP contribution in [0, 0.1) is 17.8 Å². The summed E-state index contributed by atoms with van der Waals surface area (Å²) in [5, 5.41) is 1.19. The molecule has 1 aliphatic heterocycles. The lowest BCUT2D eigenvalue weighted by Gasteiger charge is -2.23. The smallest absolute Gasteiger partial charge is 0.165 e. The number of rotatable bonds is 5. The number of carbonyl (C=O) groups excluding carboxylic acids is 1. The van der Waals surface area contributed by atoms with Crippen molar-refractivity contribution in [2.24, 2.45) is 17.8 Å². The Morgan fingerprint density at radius 2 is 2.12 bits per heavy atom. The number of nitrogens with two attached hydrogens (primary N) is 1. The molecule has 1 aromatic carbocycles. The summed E-state index contributed by atoms with van der Waals surface area (Å²) in [5.74, 6) is 2.42. The number of benzene rings is 1. The molecule has 5 heteroatoms. The molecule has 1 saturated carbocycles. The first-order valence-corrected chi connectivity index (χ1v) is 9.45. The fourth-order valence-corrected chi connectivity index (χ4v) is 4.63. The van der Waals surface area contributed by atoms with Crippen molar-refractivity contribution in [2.75, 3.05) is 18.8 Å². The van der Waals surface area contributed by atoms with Gasteiger partial charge in [-0.2, -0.15) is 0 Å². The minimum atomic E-state index is 0.122. The molecule has 1 aliphatic carbocycles. The highest BCUT2D eigenvalue weighted by Crippen LogP contribution is 2.54. The Bertz CT molecular complexity index is 823. The van der Waals surface area contributed by atoms with E-state index >= 15 is 0 Å². The lowest BCUT2D eigenvalue weighted by Crippen LogP contribution is -2.31. The van der Waals surface area contributed by atoms with Crippen LogP contribution in [0.5, 0.6) is 0 Å². The average Bonchev–Trinajstić information content (AvgIpc) is 3.04. The maximum atomic E-state index is 12.8. The van der Waals surface area contributed by atoms with Gasteiger partial charge in [-0.3, -0.25) is 9.78 Å². The predicted octanol–water partition coefficient (Wildman–Crippen LogP) is 4.02. The normalized spacial score (nSPS) is 25.5. The number of carbonyl (C=O) groups is 1. The number of nitrogens with zero attached hydrogens (tertiary/aromatic N) is 2. The molecule has 0 amide bonds. The molecule has 2 unspecified atom stereocenters. The fourth-order valence-electron chi connectivity index (χ4n) is 4.42. The van der Waals surface area contributed by atoms with E-state index in [4.69, 9.17) is 17.3 Å². The van der Waals surface area contributed by atoms with Gasteiger partial charge < -0.3 is 10.6 Å². The number of pyridine rings is 1. The van der Waals surface area contributed by atoms with Crippen LogP contribution in [0.3, 0.4) is 0 Å². The number of Topliss-reactive ketones (excluding diaryl/α,β-unsaturated/α-hetero) is 1. The molecular formula is C20H24ClN3O. The van der Waals surface area contributed by atoms with Crippen molar-refractivity contribution in [1.82, 2.24) is 9.88 Å². The third-order valence-electron chi connectivity index (χ3n) is 6.02. The Balaban J connectivity index is 1.45. The summed E-state index contributed by atoms with van der Waals surface area (Å²) in [6.45, 7) is 6.90. The van der Waals surface area contributed by atoms with Gasteiger partial charge in [0.15, 0.2) is 5.78 Å². The second kappa shape index (κ2) is 6.26. The Kier molecular flexibility index (Phi) is 4.20. The maximum absolute atomic E-state index is 12.8. The van der Waals surface area contributed by atoms with E-state index in [0.29, 0.717) is 40.2 Å². The average molecular weight is 358 g/mol. The van der Waals surface area contributed by atoms with Crippen LogP contribution < -0.4 is 5.73 Å². The highest BCUT2D eigenvalue weighted by molar-refractivity contribution is 6.35. The molecule has 2 heterocycles. The summed E-state index contributed by atoms with van der Waals surface area (Å²) < 4.78 is 0. The Morgan fingerprint density at radius 3 is 2.80 bits per heavy atom. The van der Waals surface area contributed by atoms with Gasteiger partial charge in [-0.15, -0.1) is 0 Å². The zero-order valence-corrected chi connectivity index (χ0v) is 15.5. The van der Waals surface area contributed by atoms with E-state index in [-0.39, 0.29) is 5.78 Å². The van der Waals surface area contributed by atoms with Crippen molar-refractivity contribution >= 4 is 34.0 Å². The number of halogens is 1. The van der Waals surface area contributed by atoms with E-state index in [9.17, 15) is 4.79 Å². The summed E-state index contributed by atoms with van der Waals surface area (Å²) >= 11 is 6.22. The van der Waals surface area contributed by atoms with Crippen LogP contribution in [0.15, 0.2) is 24.4 Å². The quantitative estimate of drug-likeness (QED) is 0.648. The van der Waals surface area contributed by atoms with Gasteiger partial charge in [-0.05, 0) is 56.2 Å². The Labute approximate surface area is 153 Å². The summed E-state index contributed by atoms with van der Waals surface area (Å²) in [7, 11) is 0. The molecule has 1 aromatic heterocycles. The summed E-state index contributed by atoms with van der Waals surface area (Å²) in [5.41, 5.74) is 7.79. The molecule has 1 saturated heterocycles. The number of ketones is 1. The van der Waals surface area contributed by atoms with Crippen LogP contribution in [0.25, 0.3) is 10.9 Å². The summed E-state index contributed by atoms with van der Waals surface area (Å²) in [4.78, 5) is 19.7. The highest BCUT2D eigenvalue weighted by atomic mass is 35.5. The lowest BCUT2D eigenvalue weighted by molar-refractivity contribution is 0.0976. The number of nitrogen functional groups attached to an aromatic ring is 1. The summed E-state index contributed by atoms with van der Waals surface area (Å²) in [6.07, 6.45) is 3.22. The maximum Gasteiger partial charge on any atom is 0.165 e. The van der Waals surface area contributed by atoms with Gasteiger partial charge in [-0.25, -0.2) is 0 Å². The van der Waals surface area contributed by atoms with Crippen molar-refractivity contribution in [3.8, 4) is 0 Å². The van der Waals surface area contributed by atoms with E-state index in [2.05, 4.69) is 23.7 Å². The molecule has 25 heavy (non-hydrogen) atoms. The Hall–Kier alpha value is -1.65. The number of piperidine rings is 1. The van der Waals surface area contributed by atoms with E-state index in [1.54, 1.807) is 12.3 Å². The molecule has 4 nitrogen and oxygen atoms in total. The molecule has 0 spiro atoms. The van der Waals surface area contributed by atoms with Crippen molar-refractivity contribution in [2.45, 2.75) is 32.7 Å².